The normalized spacial score (nSPS) is 10.7. The molecule has 4 heteroatoms. The Bertz CT molecular complexity index is 773. The maximum absolute atomic E-state index is 12.5. The van der Waals surface area contributed by atoms with E-state index in [4.69, 9.17) is 5.73 Å². The third-order valence-electron chi connectivity index (χ3n) is 3.78. The molecule has 1 heterocycles. The van der Waals surface area contributed by atoms with Crippen LogP contribution in [0.25, 0.3) is 0 Å². The quantitative estimate of drug-likeness (QED) is 0.939. The zero-order valence-electron chi connectivity index (χ0n) is 12.9. The van der Waals surface area contributed by atoms with Crippen LogP contribution in [-0.2, 0) is 6.54 Å². The van der Waals surface area contributed by atoms with Crippen molar-refractivity contribution in [1.82, 2.24) is 4.57 Å². The van der Waals surface area contributed by atoms with Gasteiger partial charge in [-0.15, -0.1) is 0 Å². The molecule has 1 amide bonds. The lowest BCUT2D eigenvalue weighted by atomic mass is 10.0. The number of primary amides is 1. The maximum atomic E-state index is 12.5. The highest BCUT2D eigenvalue weighted by Gasteiger charge is 2.15. The van der Waals surface area contributed by atoms with E-state index in [0.717, 1.165) is 16.8 Å². The van der Waals surface area contributed by atoms with Gasteiger partial charge in [-0.25, -0.2) is 0 Å². The molecule has 0 fully saturated rings. The van der Waals surface area contributed by atoms with Gasteiger partial charge in [-0.3, -0.25) is 9.59 Å². The smallest absolute Gasteiger partial charge is 0.264 e. The van der Waals surface area contributed by atoms with Crippen molar-refractivity contribution in [3.05, 3.63) is 68.1 Å². The summed E-state index contributed by atoms with van der Waals surface area (Å²) in [6, 6.07) is 7.94. The van der Waals surface area contributed by atoms with Crippen molar-refractivity contribution in [1.29, 1.82) is 0 Å². The Morgan fingerprint density at radius 1 is 1.10 bits per heavy atom. The van der Waals surface area contributed by atoms with E-state index in [-0.39, 0.29) is 11.1 Å². The molecular formula is C17H20N2O2. The van der Waals surface area contributed by atoms with E-state index < -0.39 is 5.91 Å². The number of amides is 1. The van der Waals surface area contributed by atoms with E-state index in [0.29, 0.717) is 12.1 Å². The Labute approximate surface area is 124 Å². The van der Waals surface area contributed by atoms with Crippen molar-refractivity contribution in [3.63, 3.8) is 0 Å². The Balaban J connectivity index is 2.57. The number of carbonyl (C=O) groups excluding carboxylic acids is 1. The molecular weight excluding hydrogens is 264 g/mol. The van der Waals surface area contributed by atoms with Gasteiger partial charge in [-0.05, 0) is 50.5 Å². The van der Waals surface area contributed by atoms with Gasteiger partial charge in [-0.1, -0.05) is 23.8 Å². The second-order valence-electron chi connectivity index (χ2n) is 5.53. The minimum Gasteiger partial charge on any atom is -0.365 e. The summed E-state index contributed by atoms with van der Waals surface area (Å²) in [5, 5.41) is 0. The van der Waals surface area contributed by atoms with Gasteiger partial charge in [-0.2, -0.15) is 0 Å². The molecule has 2 rings (SSSR count). The van der Waals surface area contributed by atoms with E-state index in [2.05, 4.69) is 6.07 Å². The summed E-state index contributed by atoms with van der Waals surface area (Å²) >= 11 is 0. The Hall–Kier alpha value is -2.36. The Morgan fingerprint density at radius 2 is 1.76 bits per heavy atom. The van der Waals surface area contributed by atoms with Gasteiger partial charge >= 0.3 is 0 Å². The molecule has 0 atom stereocenters. The van der Waals surface area contributed by atoms with Crippen LogP contribution in [0.1, 0.15) is 38.3 Å². The fourth-order valence-corrected chi connectivity index (χ4v) is 2.62. The minimum absolute atomic E-state index is 0.0744. The summed E-state index contributed by atoms with van der Waals surface area (Å²) in [5.41, 5.74) is 9.90. The van der Waals surface area contributed by atoms with E-state index in [9.17, 15) is 9.59 Å². The number of benzene rings is 1. The highest BCUT2D eigenvalue weighted by Crippen LogP contribution is 2.13. The van der Waals surface area contributed by atoms with Crippen molar-refractivity contribution < 1.29 is 4.79 Å². The van der Waals surface area contributed by atoms with Gasteiger partial charge in [0, 0.05) is 5.69 Å². The van der Waals surface area contributed by atoms with E-state index in [1.807, 2.05) is 39.0 Å². The van der Waals surface area contributed by atoms with Crippen LogP contribution < -0.4 is 11.3 Å². The SMILES string of the molecule is Cc1ccc(Cn2c(C)cc(C)c(C(N)=O)c2=O)c(C)c1. The predicted molar refractivity (Wildman–Crippen MR) is 83.7 cm³/mol. The lowest BCUT2D eigenvalue weighted by molar-refractivity contribution is 0.0997. The second kappa shape index (κ2) is 5.56. The summed E-state index contributed by atoms with van der Waals surface area (Å²) in [5.74, 6) is -0.674. The molecule has 0 aliphatic heterocycles. The number of carbonyl (C=O) groups is 1. The average molecular weight is 284 g/mol. The van der Waals surface area contributed by atoms with Crippen molar-refractivity contribution in [2.24, 2.45) is 5.73 Å². The summed E-state index contributed by atoms with van der Waals surface area (Å²) in [7, 11) is 0. The van der Waals surface area contributed by atoms with Gasteiger partial charge in [0.1, 0.15) is 5.56 Å². The molecule has 21 heavy (non-hydrogen) atoms. The number of aromatic nitrogens is 1. The fraction of sp³-hybridized carbons (Fsp3) is 0.294. The van der Waals surface area contributed by atoms with Gasteiger partial charge in [0.2, 0.25) is 0 Å². The number of nitrogens with zero attached hydrogens (tertiary/aromatic N) is 1. The lowest BCUT2D eigenvalue weighted by Gasteiger charge is -2.15. The molecule has 2 N–H and O–H groups in total. The van der Waals surface area contributed by atoms with Crippen molar-refractivity contribution in [3.8, 4) is 0 Å². The van der Waals surface area contributed by atoms with Crippen LogP contribution in [0.2, 0.25) is 0 Å². The molecule has 0 unspecified atom stereocenters. The molecule has 4 nitrogen and oxygen atoms in total. The van der Waals surface area contributed by atoms with Gasteiger partial charge in [0.25, 0.3) is 11.5 Å². The maximum Gasteiger partial charge on any atom is 0.264 e. The molecule has 1 aromatic heterocycles. The summed E-state index contributed by atoms with van der Waals surface area (Å²) in [6.45, 7) is 8.09. The van der Waals surface area contributed by atoms with Gasteiger partial charge in [0.05, 0.1) is 6.54 Å². The number of nitrogens with two attached hydrogens (primary N) is 1. The predicted octanol–water partition coefficient (Wildman–Crippen LogP) is 2.23. The van der Waals surface area contributed by atoms with Crippen LogP contribution in [0.15, 0.2) is 29.1 Å². The van der Waals surface area contributed by atoms with Crippen LogP contribution in [-0.4, -0.2) is 10.5 Å². The third kappa shape index (κ3) is 2.89. The summed E-state index contributed by atoms with van der Waals surface area (Å²) in [4.78, 5) is 24.0. The number of hydrogen-bond acceptors (Lipinski definition) is 2. The number of pyridine rings is 1. The fourth-order valence-electron chi connectivity index (χ4n) is 2.62. The zero-order valence-corrected chi connectivity index (χ0v) is 12.9. The third-order valence-corrected chi connectivity index (χ3v) is 3.78. The molecule has 0 saturated carbocycles. The van der Waals surface area contributed by atoms with Gasteiger partial charge in [0.15, 0.2) is 0 Å². The topological polar surface area (TPSA) is 65.1 Å². The molecule has 110 valence electrons. The van der Waals surface area contributed by atoms with Crippen LogP contribution >= 0.6 is 0 Å². The molecule has 0 saturated heterocycles. The monoisotopic (exact) mass is 284 g/mol. The standard InChI is InChI=1S/C17H20N2O2/c1-10-5-6-14(11(2)7-10)9-19-13(4)8-12(3)15(16(18)20)17(19)21/h5-8H,9H2,1-4H3,(H2,18,20). The second-order valence-corrected chi connectivity index (χ2v) is 5.53. The Kier molecular flexibility index (Phi) is 3.98. The number of aryl methyl sites for hydroxylation is 4. The zero-order chi connectivity index (χ0) is 15.7. The Morgan fingerprint density at radius 3 is 2.33 bits per heavy atom. The number of rotatable bonds is 3. The lowest BCUT2D eigenvalue weighted by Crippen LogP contribution is -2.32. The highest BCUT2D eigenvalue weighted by molar-refractivity contribution is 5.93. The molecule has 0 aliphatic rings. The highest BCUT2D eigenvalue weighted by atomic mass is 16.2. The number of hydrogen-bond donors (Lipinski definition) is 1. The van der Waals surface area contributed by atoms with Crippen LogP contribution in [0.5, 0.6) is 0 Å². The van der Waals surface area contributed by atoms with E-state index in [1.165, 1.54) is 5.56 Å². The van der Waals surface area contributed by atoms with Gasteiger partial charge < -0.3 is 10.3 Å². The average Bonchev–Trinajstić information content (AvgIpc) is 2.35. The molecule has 0 radical (unpaired) electrons. The molecule has 0 bridgehead atoms. The summed E-state index contributed by atoms with van der Waals surface area (Å²) < 4.78 is 1.60. The first-order valence-corrected chi connectivity index (χ1v) is 6.88. The van der Waals surface area contributed by atoms with E-state index >= 15 is 0 Å². The van der Waals surface area contributed by atoms with Crippen molar-refractivity contribution in [2.45, 2.75) is 34.2 Å². The van der Waals surface area contributed by atoms with Crippen molar-refractivity contribution in [2.75, 3.05) is 0 Å². The van der Waals surface area contributed by atoms with E-state index in [1.54, 1.807) is 11.5 Å². The largest absolute Gasteiger partial charge is 0.365 e. The van der Waals surface area contributed by atoms with Crippen LogP contribution in [0.3, 0.4) is 0 Å². The van der Waals surface area contributed by atoms with Crippen LogP contribution in [0, 0.1) is 27.7 Å². The van der Waals surface area contributed by atoms with Crippen LogP contribution in [0.4, 0.5) is 0 Å². The minimum atomic E-state index is -0.674. The first-order valence-electron chi connectivity index (χ1n) is 6.88. The first kappa shape index (κ1) is 15.0. The van der Waals surface area contributed by atoms with Crippen molar-refractivity contribution >= 4 is 5.91 Å². The molecule has 1 aromatic carbocycles. The molecule has 2 aromatic rings. The molecule has 0 spiro atoms. The molecule has 0 aliphatic carbocycles. The first-order chi connectivity index (χ1) is 9.81. The summed E-state index contributed by atoms with van der Waals surface area (Å²) in [6.07, 6.45) is 0.